The summed E-state index contributed by atoms with van der Waals surface area (Å²) < 4.78 is 31.3. The molecule has 9 heteroatoms. The number of esters is 1. The molecular weight excluding hydrogens is 322 g/mol. The third-order valence-electron chi connectivity index (χ3n) is 3.58. The molecule has 2 unspecified atom stereocenters. The van der Waals surface area contributed by atoms with E-state index in [2.05, 4.69) is 9.84 Å². The topological polar surface area (TPSA) is 105 Å². The standard InChI is InChI=1S/C14H17N3O5S/c1-9-8-15-17(10(9)2)14(19)16-23(20,21)12-7-5-4-6-11(12)13(18)22-3/h4-10H,1-3H3,(H,16,19). The second kappa shape index (κ2) is 6.37. The number of urea groups is 1. The van der Waals surface area contributed by atoms with E-state index in [1.807, 2.05) is 11.6 Å². The van der Waals surface area contributed by atoms with Crippen LogP contribution in [0.25, 0.3) is 0 Å². The van der Waals surface area contributed by atoms with Crippen LogP contribution in [0.5, 0.6) is 0 Å². The van der Waals surface area contributed by atoms with Gasteiger partial charge in [0.1, 0.15) is 4.90 Å². The second-order valence-corrected chi connectivity index (χ2v) is 6.76. The zero-order chi connectivity index (χ0) is 17.2. The first-order valence-electron chi connectivity index (χ1n) is 6.85. The molecule has 1 aliphatic rings. The lowest BCUT2D eigenvalue weighted by atomic mass is 10.1. The van der Waals surface area contributed by atoms with Gasteiger partial charge in [-0.15, -0.1) is 0 Å². The average molecular weight is 339 g/mol. The van der Waals surface area contributed by atoms with Crippen LogP contribution in [0.4, 0.5) is 4.79 Å². The molecule has 8 nitrogen and oxygen atoms in total. The highest BCUT2D eigenvalue weighted by atomic mass is 32.2. The van der Waals surface area contributed by atoms with Gasteiger partial charge in [0.15, 0.2) is 0 Å². The summed E-state index contributed by atoms with van der Waals surface area (Å²) in [4.78, 5) is 23.5. The first-order valence-corrected chi connectivity index (χ1v) is 8.33. The number of sulfonamides is 1. The number of hydrogen-bond acceptors (Lipinski definition) is 6. The molecule has 0 saturated carbocycles. The number of hydrogen-bond donors (Lipinski definition) is 1. The Balaban J connectivity index is 2.28. The van der Waals surface area contributed by atoms with E-state index in [1.54, 1.807) is 13.1 Å². The molecule has 2 amide bonds. The van der Waals surface area contributed by atoms with E-state index >= 15 is 0 Å². The highest BCUT2D eigenvalue weighted by Gasteiger charge is 2.32. The molecule has 0 saturated heterocycles. The molecule has 0 aliphatic carbocycles. The Morgan fingerprint density at radius 1 is 1.26 bits per heavy atom. The van der Waals surface area contributed by atoms with E-state index in [4.69, 9.17) is 0 Å². The molecule has 0 bridgehead atoms. The number of benzene rings is 1. The van der Waals surface area contributed by atoms with Crippen LogP contribution < -0.4 is 4.72 Å². The molecule has 1 aromatic carbocycles. The van der Waals surface area contributed by atoms with Crippen LogP contribution in [0.15, 0.2) is 34.3 Å². The molecule has 1 N–H and O–H groups in total. The van der Waals surface area contributed by atoms with Crippen molar-refractivity contribution in [2.24, 2.45) is 11.0 Å². The van der Waals surface area contributed by atoms with Crippen molar-refractivity contribution in [3.8, 4) is 0 Å². The molecule has 1 aliphatic heterocycles. The maximum Gasteiger partial charge on any atom is 0.351 e. The number of carbonyl (C=O) groups excluding carboxylic acids is 2. The van der Waals surface area contributed by atoms with Crippen LogP contribution >= 0.6 is 0 Å². The Labute approximate surface area is 134 Å². The fourth-order valence-corrected chi connectivity index (χ4v) is 3.20. The van der Waals surface area contributed by atoms with Gasteiger partial charge in [-0.05, 0) is 19.1 Å². The van der Waals surface area contributed by atoms with Crippen molar-refractivity contribution in [2.45, 2.75) is 24.8 Å². The van der Waals surface area contributed by atoms with Gasteiger partial charge in [-0.3, -0.25) is 0 Å². The van der Waals surface area contributed by atoms with Crippen LogP contribution in [-0.2, 0) is 14.8 Å². The quantitative estimate of drug-likeness (QED) is 0.833. The summed E-state index contributed by atoms with van der Waals surface area (Å²) in [6.45, 7) is 3.62. The summed E-state index contributed by atoms with van der Waals surface area (Å²) >= 11 is 0. The van der Waals surface area contributed by atoms with Gasteiger partial charge in [0.25, 0.3) is 10.0 Å². The van der Waals surface area contributed by atoms with Crippen molar-refractivity contribution in [1.29, 1.82) is 0 Å². The molecule has 0 spiro atoms. The predicted molar refractivity (Wildman–Crippen MR) is 82.5 cm³/mol. The van der Waals surface area contributed by atoms with Gasteiger partial charge >= 0.3 is 12.0 Å². The number of hydrazone groups is 1. The lowest BCUT2D eigenvalue weighted by Gasteiger charge is -2.21. The number of amides is 2. The number of rotatable bonds is 3. The van der Waals surface area contributed by atoms with Gasteiger partial charge in [-0.1, -0.05) is 19.1 Å². The Bertz CT molecular complexity index is 759. The van der Waals surface area contributed by atoms with Crippen LogP contribution in [0.2, 0.25) is 0 Å². The van der Waals surface area contributed by atoms with Gasteiger partial charge in [-0.25, -0.2) is 27.7 Å². The van der Waals surface area contributed by atoms with Crippen molar-refractivity contribution in [2.75, 3.05) is 7.11 Å². The third-order valence-corrected chi connectivity index (χ3v) is 4.96. The first-order chi connectivity index (χ1) is 10.8. The maximum atomic E-state index is 12.4. The largest absolute Gasteiger partial charge is 0.465 e. The Morgan fingerprint density at radius 3 is 2.48 bits per heavy atom. The van der Waals surface area contributed by atoms with Crippen molar-refractivity contribution < 1.29 is 22.7 Å². The molecule has 0 aromatic heterocycles. The van der Waals surface area contributed by atoms with E-state index in [9.17, 15) is 18.0 Å². The molecule has 2 rings (SSSR count). The lowest BCUT2D eigenvalue weighted by molar-refractivity contribution is 0.0596. The fourth-order valence-electron chi connectivity index (χ4n) is 2.06. The number of methoxy groups -OCH3 is 1. The Kier molecular flexibility index (Phi) is 4.69. The zero-order valence-electron chi connectivity index (χ0n) is 12.9. The monoisotopic (exact) mass is 339 g/mol. The Morgan fingerprint density at radius 2 is 1.91 bits per heavy atom. The minimum absolute atomic E-state index is 0.0193. The second-order valence-electron chi connectivity index (χ2n) is 5.11. The van der Waals surface area contributed by atoms with Gasteiger partial charge < -0.3 is 4.74 Å². The predicted octanol–water partition coefficient (Wildman–Crippen LogP) is 1.20. The highest BCUT2D eigenvalue weighted by molar-refractivity contribution is 7.90. The summed E-state index contributed by atoms with van der Waals surface area (Å²) in [6, 6.07) is 4.34. The van der Waals surface area contributed by atoms with E-state index in [0.717, 1.165) is 12.1 Å². The minimum atomic E-state index is -4.24. The summed E-state index contributed by atoms with van der Waals surface area (Å²) in [5, 5.41) is 4.95. The highest BCUT2D eigenvalue weighted by Crippen LogP contribution is 2.19. The van der Waals surface area contributed by atoms with E-state index in [0.29, 0.717) is 0 Å². The number of ether oxygens (including phenoxy) is 1. The fraction of sp³-hybridized carbons (Fsp3) is 0.357. The molecule has 0 radical (unpaired) electrons. The van der Waals surface area contributed by atoms with Crippen molar-refractivity contribution in [1.82, 2.24) is 9.73 Å². The van der Waals surface area contributed by atoms with Crippen molar-refractivity contribution in [3.05, 3.63) is 29.8 Å². The average Bonchev–Trinajstić information content (AvgIpc) is 2.86. The molecular formula is C14H17N3O5S. The van der Waals surface area contributed by atoms with Gasteiger partial charge in [-0.2, -0.15) is 5.10 Å². The normalized spacial score (nSPS) is 20.4. The van der Waals surface area contributed by atoms with Crippen LogP contribution in [0.1, 0.15) is 24.2 Å². The third kappa shape index (κ3) is 3.34. The number of nitrogens with one attached hydrogen (secondary N) is 1. The minimum Gasteiger partial charge on any atom is -0.465 e. The van der Waals surface area contributed by atoms with Crippen LogP contribution in [0.3, 0.4) is 0 Å². The summed E-state index contributed by atoms with van der Waals surface area (Å²) in [7, 11) is -3.09. The molecule has 1 aromatic rings. The van der Waals surface area contributed by atoms with Crippen LogP contribution in [0, 0.1) is 5.92 Å². The van der Waals surface area contributed by atoms with E-state index in [-0.39, 0.29) is 22.4 Å². The van der Waals surface area contributed by atoms with Gasteiger partial charge in [0.2, 0.25) is 0 Å². The summed E-state index contributed by atoms with van der Waals surface area (Å²) in [5.41, 5.74) is -0.151. The Hall–Kier alpha value is -2.42. The first kappa shape index (κ1) is 16.9. The van der Waals surface area contributed by atoms with Crippen LogP contribution in [-0.4, -0.2) is 44.8 Å². The smallest absolute Gasteiger partial charge is 0.351 e. The zero-order valence-corrected chi connectivity index (χ0v) is 13.7. The molecule has 23 heavy (non-hydrogen) atoms. The lowest BCUT2D eigenvalue weighted by Crippen LogP contribution is -2.43. The SMILES string of the molecule is COC(=O)c1ccccc1S(=O)(=O)NC(=O)N1N=CC(C)C1C. The number of nitrogens with zero attached hydrogens (tertiary/aromatic N) is 2. The van der Waals surface area contributed by atoms with E-state index < -0.39 is 22.0 Å². The molecule has 124 valence electrons. The van der Waals surface area contributed by atoms with E-state index in [1.165, 1.54) is 24.3 Å². The van der Waals surface area contributed by atoms with Gasteiger partial charge in [0.05, 0.1) is 18.7 Å². The molecule has 1 heterocycles. The molecule has 2 atom stereocenters. The van der Waals surface area contributed by atoms with Crippen molar-refractivity contribution in [3.63, 3.8) is 0 Å². The van der Waals surface area contributed by atoms with Crippen molar-refractivity contribution >= 4 is 28.2 Å². The number of carbonyl (C=O) groups is 2. The molecule has 0 fully saturated rings. The maximum absolute atomic E-state index is 12.4. The van der Waals surface area contributed by atoms with Gasteiger partial charge in [0, 0.05) is 12.1 Å². The summed E-state index contributed by atoms with van der Waals surface area (Å²) in [6.07, 6.45) is 1.57. The summed E-state index contributed by atoms with van der Waals surface area (Å²) in [5.74, 6) is -0.787.